The molecule has 6 aromatic rings. The maximum atomic E-state index is 7.66. The van der Waals surface area contributed by atoms with Crippen LogP contribution in [0.1, 0.15) is 55.9 Å². The molecule has 0 bridgehead atoms. The summed E-state index contributed by atoms with van der Waals surface area (Å²) in [4.78, 5) is 8.74. The largest absolute Gasteiger partial charge is 0.311 e. The van der Waals surface area contributed by atoms with Crippen LogP contribution in [0.3, 0.4) is 0 Å². The third-order valence-electron chi connectivity index (χ3n) is 7.79. The molecule has 35 heavy (non-hydrogen) atoms. The van der Waals surface area contributed by atoms with Crippen molar-refractivity contribution in [1.82, 2.24) is 9.38 Å². The zero-order valence-corrected chi connectivity index (χ0v) is 21.6. The topological polar surface area (TPSA) is 25.5 Å². The molecule has 174 valence electrons. The number of pyridine rings is 1. The van der Waals surface area contributed by atoms with Crippen LogP contribution < -0.4 is 4.57 Å². The van der Waals surface area contributed by atoms with Gasteiger partial charge in [0.05, 0.1) is 40.8 Å². The summed E-state index contributed by atoms with van der Waals surface area (Å²) in [7, 11) is 2.10. The van der Waals surface area contributed by atoms with Gasteiger partial charge in [-0.3, -0.25) is 0 Å². The second-order valence-corrected chi connectivity index (χ2v) is 11.2. The molecule has 0 atom stereocenters. The molecule has 0 amide bonds. The molecule has 0 radical (unpaired) electrons. The van der Waals surface area contributed by atoms with E-state index in [0.717, 1.165) is 11.1 Å². The molecule has 0 aliphatic heterocycles. The fourth-order valence-electron chi connectivity index (χ4n) is 5.84. The number of aromatic nitrogens is 3. The zero-order chi connectivity index (χ0) is 24.8. The van der Waals surface area contributed by atoms with Crippen molar-refractivity contribution >= 4 is 49.1 Å². The minimum Gasteiger partial charge on any atom is -0.311 e. The predicted molar refractivity (Wildman–Crippen MR) is 146 cm³/mol. The zero-order valence-electron chi connectivity index (χ0n) is 21.6. The lowest BCUT2D eigenvalue weighted by Gasteiger charge is -2.16. The molecule has 3 aromatic heterocycles. The van der Waals surface area contributed by atoms with Crippen LogP contribution in [-0.2, 0) is 13.5 Å². The van der Waals surface area contributed by atoms with Gasteiger partial charge in [-0.15, -0.1) is 0 Å². The van der Waals surface area contributed by atoms with E-state index >= 15 is 0 Å². The van der Waals surface area contributed by atoms with Gasteiger partial charge >= 0.3 is 0 Å². The summed E-state index contributed by atoms with van der Waals surface area (Å²) in [5.41, 5.74) is 10.6. The van der Waals surface area contributed by atoms with Gasteiger partial charge in [-0.25, -0.2) is 11.1 Å². The van der Waals surface area contributed by atoms with E-state index in [9.17, 15) is 0 Å². The van der Waals surface area contributed by atoms with Gasteiger partial charge in [0.25, 0.3) is 6.33 Å². The SMILES string of the molecule is [C-]#[N+]C(C)(C)Cc1cc2nc[n+](C)c3c4c(C)c(C)cc5c6cc(C(C)C)ccc6n(c(c1)c23)c54. The second kappa shape index (κ2) is 7.15. The molecule has 0 spiro atoms. The van der Waals surface area contributed by atoms with Gasteiger partial charge in [-0.1, -0.05) is 19.9 Å². The highest BCUT2D eigenvalue weighted by molar-refractivity contribution is 6.25. The van der Waals surface area contributed by atoms with Gasteiger partial charge in [-0.2, -0.15) is 0 Å². The van der Waals surface area contributed by atoms with Crippen LogP contribution in [0.25, 0.3) is 54.0 Å². The standard InChI is InChI=1S/C31H31N4/c1-17(2)21-9-10-25-22(14-21)23-11-18(3)19(4)27-29(23)35(25)26-13-20(15-31(5,6)32-7)12-24-28(26)30(27)34(8)16-33-24/h9-14,16-17H,15H2,1-6,8H3/q+1. The molecule has 0 unspecified atom stereocenters. The normalized spacial score (nSPS) is 12.8. The Morgan fingerprint density at radius 3 is 2.51 bits per heavy atom. The average Bonchev–Trinajstić information content (AvgIpc) is 3.13. The Labute approximate surface area is 206 Å². The first-order chi connectivity index (χ1) is 16.6. The Kier molecular flexibility index (Phi) is 4.45. The summed E-state index contributed by atoms with van der Waals surface area (Å²) in [5, 5.41) is 5.10. The summed E-state index contributed by atoms with van der Waals surface area (Å²) in [6.45, 7) is 20.7. The van der Waals surface area contributed by atoms with E-state index in [0.29, 0.717) is 12.3 Å². The molecule has 6 rings (SSSR count). The number of hydrogen-bond donors (Lipinski definition) is 0. The van der Waals surface area contributed by atoms with E-state index in [2.05, 4.69) is 85.0 Å². The molecule has 0 aliphatic carbocycles. The van der Waals surface area contributed by atoms with Crippen LogP contribution in [-0.4, -0.2) is 14.9 Å². The van der Waals surface area contributed by atoms with Crippen molar-refractivity contribution in [3.8, 4) is 0 Å². The van der Waals surface area contributed by atoms with E-state index < -0.39 is 5.54 Å². The van der Waals surface area contributed by atoms with E-state index in [1.807, 2.05) is 20.2 Å². The number of hydrogen-bond acceptors (Lipinski definition) is 1. The van der Waals surface area contributed by atoms with Gasteiger partial charge in [0.1, 0.15) is 5.52 Å². The number of fused-ring (bicyclic) bond motifs is 5. The molecular weight excluding hydrogens is 428 g/mol. The fraction of sp³-hybridized carbons (Fsp3) is 0.323. The monoisotopic (exact) mass is 459 g/mol. The van der Waals surface area contributed by atoms with Crippen LogP contribution in [0.5, 0.6) is 0 Å². The number of rotatable bonds is 3. The first-order valence-electron chi connectivity index (χ1n) is 12.4. The highest BCUT2D eigenvalue weighted by Gasteiger charge is 2.28. The Hall–Kier alpha value is -3.71. The van der Waals surface area contributed by atoms with E-state index in [1.165, 1.54) is 60.3 Å². The Balaban J connectivity index is 1.92. The molecule has 0 saturated heterocycles. The Morgan fingerprint density at radius 2 is 1.80 bits per heavy atom. The highest BCUT2D eigenvalue weighted by Crippen LogP contribution is 2.42. The maximum absolute atomic E-state index is 7.66. The smallest absolute Gasteiger partial charge is 0.287 e. The van der Waals surface area contributed by atoms with Crippen molar-refractivity contribution in [2.45, 2.75) is 59.4 Å². The van der Waals surface area contributed by atoms with Gasteiger partial charge in [0, 0.05) is 24.6 Å². The molecular formula is C31H31N4+. The van der Waals surface area contributed by atoms with Crippen molar-refractivity contribution in [3.05, 3.63) is 76.4 Å². The summed E-state index contributed by atoms with van der Waals surface area (Å²) in [5.74, 6) is 0.471. The van der Waals surface area contributed by atoms with Crippen molar-refractivity contribution in [3.63, 3.8) is 0 Å². The lowest BCUT2D eigenvalue weighted by molar-refractivity contribution is -0.646. The van der Waals surface area contributed by atoms with Crippen LogP contribution >= 0.6 is 0 Å². The number of nitrogens with zero attached hydrogens (tertiary/aromatic N) is 4. The Morgan fingerprint density at radius 1 is 1.03 bits per heavy atom. The summed E-state index contributed by atoms with van der Waals surface area (Å²) < 4.78 is 4.64. The van der Waals surface area contributed by atoms with Crippen molar-refractivity contribution < 1.29 is 4.57 Å². The van der Waals surface area contributed by atoms with Gasteiger partial charge in [0.2, 0.25) is 5.54 Å². The van der Waals surface area contributed by atoms with Gasteiger partial charge in [0.15, 0.2) is 5.52 Å². The van der Waals surface area contributed by atoms with E-state index in [4.69, 9.17) is 11.6 Å². The van der Waals surface area contributed by atoms with Gasteiger partial charge < -0.3 is 9.25 Å². The number of aryl methyl sites for hydroxylation is 3. The third-order valence-corrected chi connectivity index (χ3v) is 7.79. The maximum Gasteiger partial charge on any atom is 0.287 e. The quantitative estimate of drug-likeness (QED) is 0.119. The van der Waals surface area contributed by atoms with Gasteiger partial charge in [-0.05, 0) is 77.3 Å². The summed E-state index contributed by atoms with van der Waals surface area (Å²) >= 11 is 0. The first kappa shape index (κ1) is 21.8. The molecule has 3 aromatic carbocycles. The van der Waals surface area contributed by atoms with Crippen molar-refractivity contribution in [1.29, 1.82) is 0 Å². The molecule has 4 heteroatoms. The third kappa shape index (κ3) is 2.97. The van der Waals surface area contributed by atoms with E-state index in [1.54, 1.807) is 0 Å². The fourth-order valence-corrected chi connectivity index (χ4v) is 5.84. The minimum absolute atomic E-state index is 0.455. The molecule has 3 heterocycles. The summed E-state index contributed by atoms with van der Waals surface area (Å²) in [6, 6.07) is 13.8. The van der Waals surface area contributed by atoms with Crippen molar-refractivity contribution in [2.75, 3.05) is 0 Å². The molecule has 0 N–H and O–H groups in total. The van der Waals surface area contributed by atoms with Crippen molar-refractivity contribution in [2.24, 2.45) is 7.05 Å². The molecule has 0 fully saturated rings. The lowest BCUT2D eigenvalue weighted by atomic mass is 9.93. The highest BCUT2D eigenvalue weighted by atomic mass is 15.0. The van der Waals surface area contributed by atoms with Crippen LogP contribution in [0.4, 0.5) is 0 Å². The predicted octanol–water partition coefficient (Wildman–Crippen LogP) is 7.19. The second-order valence-electron chi connectivity index (χ2n) is 11.2. The molecule has 0 saturated carbocycles. The van der Waals surface area contributed by atoms with Crippen LogP contribution in [0, 0.1) is 20.4 Å². The van der Waals surface area contributed by atoms with Crippen LogP contribution in [0.2, 0.25) is 0 Å². The van der Waals surface area contributed by atoms with Crippen LogP contribution in [0.15, 0.2) is 42.7 Å². The average molecular weight is 460 g/mol. The Bertz CT molecular complexity index is 1860. The number of benzene rings is 3. The first-order valence-corrected chi connectivity index (χ1v) is 12.4. The van der Waals surface area contributed by atoms with E-state index in [-0.39, 0.29) is 0 Å². The minimum atomic E-state index is -0.455. The molecule has 4 nitrogen and oxygen atoms in total. The molecule has 0 aliphatic rings. The lowest BCUT2D eigenvalue weighted by Crippen LogP contribution is -2.30. The summed E-state index contributed by atoms with van der Waals surface area (Å²) in [6.07, 6.45) is 2.63.